The van der Waals surface area contributed by atoms with E-state index in [1.54, 1.807) is 17.4 Å². The standard InChI is InChI=1S/C10H7NOS/c12-8-5-6-1-3-11-9(6)7-2-4-13-10(7)8/h1-5,11-12H. The Morgan fingerprint density at radius 3 is 3.15 bits per heavy atom. The lowest BCUT2D eigenvalue weighted by atomic mass is 10.2. The maximum atomic E-state index is 9.67. The molecule has 0 saturated carbocycles. The van der Waals surface area contributed by atoms with E-state index in [4.69, 9.17) is 0 Å². The van der Waals surface area contributed by atoms with Gasteiger partial charge in [-0.25, -0.2) is 0 Å². The van der Waals surface area contributed by atoms with E-state index in [9.17, 15) is 5.11 Å². The molecule has 2 N–H and O–H groups in total. The highest BCUT2D eigenvalue weighted by Crippen LogP contribution is 2.35. The van der Waals surface area contributed by atoms with Crippen molar-refractivity contribution in [2.75, 3.05) is 0 Å². The largest absolute Gasteiger partial charge is 0.506 e. The molecule has 0 fully saturated rings. The van der Waals surface area contributed by atoms with E-state index in [1.807, 2.05) is 23.7 Å². The van der Waals surface area contributed by atoms with E-state index >= 15 is 0 Å². The molecule has 0 aliphatic rings. The van der Waals surface area contributed by atoms with Crippen LogP contribution in [0.5, 0.6) is 5.75 Å². The van der Waals surface area contributed by atoms with Gasteiger partial charge in [0.1, 0.15) is 5.75 Å². The molecule has 0 unspecified atom stereocenters. The normalized spacial score (nSPS) is 11.4. The van der Waals surface area contributed by atoms with Crippen LogP contribution in [-0.4, -0.2) is 10.1 Å². The van der Waals surface area contributed by atoms with Crippen LogP contribution in [0.3, 0.4) is 0 Å². The molecule has 0 spiro atoms. The molecule has 1 aromatic carbocycles. The predicted molar refractivity (Wildman–Crippen MR) is 55.3 cm³/mol. The molecule has 2 nitrogen and oxygen atoms in total. The topological polar surface area (TPSA) is 36.0 Å². The van der Waals surface area contributed by atoms with Crippen molar-refractivity contribution in [2.45, 2.75) is 0 Å². The van der Waals surface area contributed by atoms with E-state index < -0.39 is 0 Å². The minimum atomic E-state index is 0.372. The molecule has 0 amide bonds. The van der Waals surface area contributed by atoms with Crippen LogP contribution < -0.4 is 0 Å². The van der Waals surface area contributed by atoms with Gasteiger partial charge in [-0.2, -0.15) is 0 Å². The Morgan fingerprint density at radius 2 is 2.23 bits per heavy atom. The Hall–Kier alpha value is -1.48. The SMILES string of the molecule is Oc1cc2cc[nH]c2c2ccsc12. The smallest absolute Gasteiger partial charge is 0.134 e. The second-order valence-corrected chi connectivity index (χ2v) is 3.92. The molecule has 3 rings (SSSR count). The summed E-state index contributed by atoms with van der Waals surface area (Å²) in [5, 5.41) is 13.8. The monoisotopic (exact) mass is 189 g/mol. The second kappa shape index (κ2) is 2.26. The van der Waals surface area contributed by atoms with Gasteiger partial charge in [0.05, 0.1) is 10.2 Å². The molecule has 13 heavy (non-hydrogen) atoms. The summed E-state index contributed by atoms with van der Waals surface area (Å²) in [6.45, 7) is 0. The minimum absolute atomic E-state index is 0.372. The van der Waals surface area contributed by atoms with Crippen LogP contribution in [-0.2, 0) is 0 Å². The number of aromatic amines is 1. The summed E-state index contributed by atoms with van der Waals surface area (Å²) in [6.07, 6.45) is 1.89. The first-order valence-electron chi connectivity index (χ1n) is 4.02. The lowest BCUT2D eigenvalue weighted by molar-refractivity contribution is 0.483. The third kappa shape index (κ3) is 0.820. The lowest BCUT2D eigenvalue weighted by Crippen LogP contribution is -1.70. The number of nitrogens with one attached hydrogen (secondary N) is 1. The number of thiophene rings is 1. The van der Waals surface area contributed by atoms with Gasteiger partial charge in [-0.15, -0.1) is 11.3 Å². The molecular formula is C10H7NOS. The van der Waals surface area contributed by atoms with Crippen molar-refractivity contribution in [3.63, 3.8) is 0 Å². The van der Waals surface area contributed by atoms with E-state index in [0.717, 1.165) is 21.0 Å². The molecular weight excluding hydrogens is 182 g/mol. The Bertz CT molecular complexity index is 579. The van der Waals surface area contributed by atoms with Crippen LogP contribution >= 0.6 is 11.3 Å². The van der Waals surface area contributed by atoms with Crippen molar-refractivity contribution < 1.29 is 5.11 Å². The van der Waals surface area contributed by atoms with Gasteiger partial charge in [0.25, 0.3) is 0 Å². The minimum Gasteiger partial charge on any atom is -0.506 e. The van der Waals surface area contributed by atoms with Crippen molar-refractivity contribution in [3.05, 3.63) is 29.8 Å². The third-order valence-corrected chi connectivity index (χ3v) is 3.18. The van der Waals surface area contributed by atoms with Crippen molar-refractivity contribution in [1.82, 2.24) is 4.98 Å². The van der Waals surface area contributed by atoms with Crippen molar-refractivity contribution in [2.24, 2.45) is 0 Å². The van der Waals surface area contributed by atoms with Gasteiger partial charge in [-0.3, -0.25) is 0 Å². The van der Waals surface area contributed by atoms with Crippen molar-refractivity contribution in [1.29, 1.82) is 0 Å². The number of H-pyrrole nitrogens is 1. The Balaban J connectivity index is 2.70. The zero-order valence-electron chi connectivity index (χ0n) is 6.74. The van der Waals surface area contributed by atoms with Gasteiger partial charge < -0.3 is 10.1 Å². The number of aromatic hydroxyl groups is 1. The van der Waals surface area contributed by atoms with Crippen LogP contribution in [0.15, 0.2) is 29.8 Å². The van der Waals surface area contributed by atoms with Gasteiger partial charge in [0.2, 0.25) is 0 Å². The summed E-state index contributed by atoms with van der Waals surface area (Å²) in [5.74, 6) is 0.372. The molecule has 3 aromatic rings. The van der Waals surface area contributed by atoms with Crippen LogP contribution in [0.4, 0.5) is 0 Å². The number of phenolic OH excluding ortho intramolecular Hbond substituents is 1. The molecule has 0 radical (unpaired) electrons. The van der Waals surface area contributed by atoms with Gasteiger partial charge in [-0.1, -0.05) is 0 Å². The molecule has 0 atom stereocenters. The fourth-order valence-electron chi connectivity index (χ4n) is 1.65. The predicted octanol–water partition coefficient (Wildman–Crippen LogP) is 3.09. The van der Waals surface area contributed by atoms with E-state index in [0.29, 0.717) is 5.75 Å². The van der Waals surface area contributed by atoms with Gasteiger partial charge in [0, 0.05) is 17.0 Å². The van der Waals surface area contributed by atoms with Crippen LogP contribution in [0, 0.1) is 0 Å². The summed E-state index contributed by atoms with van der Waals surface area (Å²) >= 11 is 1.56. The Kier molecular flexibility index (Phi) is 1.21. The van der Waals surface area contributed by atoms with Gasteiger partial charge in [-0.05, 0) is 23.6 Å². The third-order valence-electron chi connectivity index (χ3n) is 2.24. The number of hydrogen-bond acceptors (Lipinski definition) is 2. The molecule has 64 valence electrons. The van der Waals surface area contributed by atoms with Gasteiger partial charge in [0.15, 0.2) is 0 Å². The number of benzene rings is 1. The van der Waals surface area contributed by atoms with Crippen LogP contribution in [0.2, 0.25) is 0 Å². The second-order valence-electron chi connectivity index (χ2n) is 3.00. The van der Waals surface area contributed by atoms with Crippen molar-refractivity contribution in [3.8, 4) is 5.75 Å². The quantitative estimate of drug-likeness (QED) is 0.560. The molecule has 0 bridgehead atoms. The molecule has 3 heteroatoms. The fourth-order valence-corrected chi connectivity index (χ4v) is 2.47. The summed E-state index contributed by atoms with van der Waals surface area (Å²) in [6, 6.07) is 5.79. The first-order valence-corrected chi connectivity index (χ1v) is 4.90. The highest BCUT2D eigenvalue weighted by atomic mass is 32.1. The average molecular weight is 189 g/mol. The van der Waals surface area contributed by atoms with Gasteiger partial charge >= 0.3 is 0 Å². The summed E-state index contributed by atoms with van der Waals surface area (Å²) in [5.41, 5.74) is 1.11. The zero-order valence-corrected chi connectivity index (χ0v) is 7.56. The molecule has 0 aliphatic carbocycles. The average Bonchev–Trinajstić information content (AvgIpc) is 2.66. The van der Waals surface area contributed by atoms with E-state index in [-0.39, 0.29) is 0 Å². The van der Waals surface area contributed by atoms with E-state index in [2.05, 4.69) is 4.98 Å². The fraction of sp³-hybridized carbons (Fsp3) is 0. The first-order chi connectivity index (χ1) is 6.36. The van der Waals surface area contributed by atoms with Crippen LogP contribution in [0.1, 0.15) is 0 Å². The number of fused-ring (bicyclic) bond motifs is 3. The highest BCUT2D eigenvalue weighted by Gasteiger charge is 2.06. The summed E-state index contributed by atoms with van der Waals surface area (Å²) in [4.78, 5) is 3.17. The zero-order chi connectivity index (χ0) is 8.84. The molecule has 0 saturated heterocycles. The molecule has 0 aliphatic heterocycles. The maximum Gasteiger partial charge on any atom is 0.134 e. The summed E-state index contributed by atoms with van der Waals surface area (Å²) < 4.78 is 0.954. The number of hydrogen-bond donors (Lipinski definition) is 2. The lowest BCUT2D eigenvalue weighted by Gasteiger charge is -1.96. The molecule has 2 aromatic heterocycles. The Labute approximate surface area is 78.4 Å². The van der Waals surface area contributed by atoms with Crippen LogP contribution in [0.25, 0.3) is 21.0 Å². The number of rotatable bonds is 0. The summed E-state index contributed by atoms with van der Waals surface area (Å²) in [7, 11) is 0. The van der Waals surface area contributed by atoms with Crippen molar-refractivity contribution >= 4 is 32.3 Å². The highest BCUT2D eigenvalue weighted by molar-refractivity contribution is 7.17. The number of phenols is 1. The molecule has 2 heterocycles. The Morgan fingerprint density at radius 1 is 1.31 bits per heavy atom. The maximum absolute atomic E-state index is 9.67. The number of aromatic nitrogens is 1. The van der Waals surface area contributed by atoms with E-state index in [1.165, 1.54) is 0 Å². The first kappa shape index (κ1) is 6.97.